The number of ether oxygens (including phenoxy) is 3. The minimum absolute atomic E-state index is 0.00684. The average Bonchev–Trinajstić information content (AvgIpc) is 2.82. The molecule has 0 aliphatic carbocycles. The van der Waals surface area contributed by atoms with Crippen molar-refractivity contribution >= 4 is 21.4 Å². The normalized spacial score (nSPS) is 24.2. The number of rotatable bonds is 7. The van der Waals surface area contributed by atoms with Gasteiger partial charge in [-0.15, -0.1) is 0 Å². The van der Waals surface area contributed by atoms with E-state index >= 15 is 0 Å². The van der Waals surface area contributed by atoms with E-state index in [-0.39, 0.29) is 34.0 Å². The van der Waals surface area contributed by atoms with Crippen LogP contribution in [0.1, 0.15) is 0 Å². The Morgan fingerprint density at radius 2 is 1.76 bits per heavy atom. The summed E-state index contributed by atoms with van der Waals surface area (Å²) in [5.41, 5.74) is -0.533. The third kappa shape index (κ3) is 5.47. The summed E-state index contributed by atoms with van der Waals surface area (Å²) in [5.74, 6) is -0.888. The number of aliphatic hydroxyl groups excluding tert-OH is 3. The minimum Gasteiger partial charge on any atom is -0.507 e. The first-order valence-electron chi connectivity index (χ1n) is 10.5. The highest BCUT2D eigenvalue weighted by Gasteiger charge is 2.48. The number of methoxy groups -OCH3 is 1. The fourth-order valence-electron chi connectivity index (χ4n) is 3.83. The van der Waals surface area contributed by atoms with Crippen molar-refractivity contribution in [1.29, 1.82) is 0 Å². The molecule has 15 heteroatoms. The van der Waals surface area contributed by atoms with Gasteiger partial charge in [0.25, 0.3) is 0 Å². The predicted octanol–water partition coefficient (Wildman–Crippen LogP) is -0.114. The molecule has 0 amide bonds. The molecule has 5 atom stereocenters. The summed E-state index contributed by atoms with van der Waals surface area (Å²) in [7, 11) is -3.79. The minimum atomic E-state index is -5.16. The van der Waals surface area contributed by atoms with Gasteiger partial charge in [0.1, 0.15) is 46.5 Å². The number of hydrogen-bond acceptors (Lipinski definition) is 13. The maximum Gasteiger partial charge on any atom is 0.397 e. The molecule has 200 valence electrons. The lowest BCUT2D eigenvalue weighted by Crippen LogP contribution is -2.61. The molecule has 1 saturated heterocycles. The lowest BCUT2D eigenvalue weighted by molar-refractivity contribution is -0.271. The Bertz CT molecular complexity index is 1470. The summed E-state index contributed by atoms with van der Waals surface area (Å²) < 4.78 is 57.5. The zero-order chi connectivity index (χ0) is 27.1. The van der Waals surface area contributed by atoms with Gasteiger partial charge in [0.2, 0.25) is 6.29 Å². The van der Waals surface area contributed by atoms with Gasteiger partial charge in [0, 0.05) is 23.8 Å². The molecule has 1 aliphatic heterocycles. The first-order valence-corrected chi connectivity index (χ1v) is 11.9. The molecule has 4 rings (SSSR count). The second-order valence-electron chi connectivity index (χ2n) is 7.99. The molecule has 1 aliphatic rings. The quantitative estimate of drug-likeness (QED) is 0.214. The lowest BCUT2D eigenvalue weighted by atomic mass is 9.99. The number of phenols is 2. The van der Waals surface area contributed by atoms with Gasteiger partial charge in [-0.1, -0.05) is 0 Å². The number of aromatic hydroxyl groups is 2. The van der Waals surface area contributed by atoms with Crippen LogP contribution in [0, 0.1) is 0 Å². The Hall–Kier alpha value is -3.44. The zero-order valence-electron chi connectivity index (χ0n) is 18.9. The summed E-state index contributed by atoms with van der Waals surface area (Å²) in [6.07, 6.45) is -9.04. The van der Waals surface area contributed by atoms with Crippen molar-refractivity contribution < 1.29 is 61.3 Å². The van der Waals surface area contributed by atoms with Gasteiger partial charge in [-0.05, 0) is 18.2 Å². The monoisotopic (exact) mass is 542 g/mol. The van der Waals surface area contributed by atoms with Crippen LogP contribution in [0.2, 0.25) is 0 Å². The molecule has 14 nitrogen and oxygen atoms in total. The third-order valence-electron chi connectivity index (χ3n) is 5.56. The Labute approximate surface area is 208 Å². The topological polar surface area (TPSA) is 223 Å². The smallest absolute Gasteiger partial charge is 0.397 e. The molecule has 0 saturated carbocycles. The number of fused-ring (bicyclic) bond motifs is 1. The van der Waals surface area contributed by atoms with Crippen molar-refractivity contribution in [2.75, 3.05) is 13.7 Å². The second kappa shape index (κ2) is 10.1. The van der Waals surface area contributed by atoms with E-state index in [0.717, 1.165) is 18.2 Å². The molecule has 0 bridgehead atoms. The van der Waals surface area contributed by atoms with E-state index in [4.69, 9.17) is 23.2 Å². The van der Waals surface area contributed by atoms with Crippen molar-refractivity contribution in [3.63, 3.8) is 0 Å². The standard InChI is InChI=1S/C22H22O14S/c1-32-14-3-2-9(4-11(14)24)15-7-13(26)18-12(25)5-10(6-16(18)34-15)33-22-21(36-37(29,30)31)20(28)19(27)17(8-23)35-22/h2-7,17,19-25,27-28H,8H2,1H3,(H,29,30,31)/t17-,19-,20+,21-,22-/m1/s1. The molecule has 0 radical (unpaired) electrons. The maximum absolute atomic E-state index is 12.7. The molecule has 1 fully saturated rings. The highest BCUT2D eigenvalue weighted by atomic mass is 32.3. The summed E-state index contributed by atoms with van der Waals surface area (Å²) in [4.78, 5) is 12.7. The van der Waals surface area contributed by atoms with Gasteiger partial charge in [-0.25, -0.2) is 4.18 Å². The molecule has 2 aromatic carbocycles. The number of aliphatic hydroxyl groups is 3. The molecule has 37 heavy (non-hydrogen) atoms. The summed E-state index contributed by atoms with van der Waals surface area (Å²) in [6.45, 7) is -0.799. The molecule has 0 spiro atoms. The fourth-order valence-corrected chi connectivity index (χ4v) is 4.31. The summed E-state index contributed by atoms with van der Waals surface area (Å²) >= 11 is 0. The summed E-state index contributed by atoms with van der Waals surface area (Å²) in [5, 5.41) is 50.0. The Balaban J connectivity index is 1.74. The van der Waals surface area contributed by atoms with E-state index in [1.807, 2.05) is 0 Å². The predicted molar refractivity (Wildman–Crippen MR) is 123 cm³/mol. The summed E-state index contributed by atoms with van der Waals surface area (Å²) in [6, 6.07) is 7.45. The Morgan fingerprint density at radius 1 is 1.03 bits per heavy atom. The molecule has 0 unspecified atom stereocenters. The van der Waals surface area contributed by atoms with Gasteiger partial charge < -0.3 is 44.2 Å². The van der Waals surface area contributed by atoms with Crippen LogP contribution in [-0.2, 0) is 19.3 Å². The van der Waals surface area contributed by atoms with Crippen molar-refractivity contribution in [3.8, 4) is 34.3 Å². The average molecular weight is 542 g/mol. The van der Waals surface area contributed by atoms with Gasteiger partial charge in [0.05, 0.1) is 13.7 Å². The van der Waals surface area contributed by atoms with Crippen LogP contribution < -0.4 is 14.9 Å². The van der Waals surface area contributed by atoms with Crippen LogP contribution in [0.3, 0.4) is 0 Å². The largest absolute Gasteiger partial charge is 0.507 e. The molecular weight excluding hydrogens is 520 g/mol. The first-order chi connectivity index (χ1) is 17.4. The fraction of sp³-hybridized carbons (Fsp3) is 0.318. The van der Waals surface area contributed by atoms with Crippen LogP contribution in [0.15, 0.2) is 45.6 Å². The molecule has 3 aromatic rings. The number of benzene rings is 2. The Morgan fingerprint density at radius 3 is 2.38 bits per heavy atom. The van der Waals surface area contributed by atoms with E-state index in [0.29, 0.717) is 5.56 Å². The number of phenolic OH excluding ortho intramolecular Hbond substituents is 2. The van der Waals surface area contributed by atoms with E-state index in [9.17, 15) is 38.7 Å². The van der Waals surface area contributed by atoms with Crippen LogP contribution in [0.5, 0.6) is 23.0 Å². The lowest BCUT2D eigenvalue weighted by Gasteiger charge is -2.40. The molecule has 6 N–H and O–H groups in total. The van der Waals surface area contributed by atoms with Crippen molar-refractivity contribution in [1.82, 2.24) is 0 Å². The van der Waals surface area contributed by atoms with Crippen molar-refractivity contribution in [3.05, 3.63) is 46.6 Å². The van der Waals surface area contributed by atoms with E-state index in [1.165, 1.54) is 25.3 Å². The molecular formula is C22H22O14S. The van der Waals surface area contributed by atoms with Gasteiger partial charge in [-0.3, -0.25) is 9.35 Å². The van der Waals surface area contributed by atoms with E-state index in [1.54, 1.807) is 0 Å². The third-order valence-corrected chi connectivity index (χ3v) is 6.02. The van der Waals surface area contributed by atoms with E-state index < -0.39 is 58.9 Å². The van der Waals surface area contributed by atoms with Gasteiger partial charge >= 0.3 is 10.4 Å². The SMILES string of the molecule is COc1ccc(-c2cc(=O)c3c(O)cc(O[C@@H]4O[C@H](CO)[C@@H](O)[C@H](O)[C@H]4OS(=O)(=O)O)cc3o2)cc1O. The van der Waals surface area contributed by atoms with Gasteiger partial charge in [-0.2, -0.15) is 8.42 Å². The molecule has 1 aromatic heterocycles. The van der Waals surface area contributed by atoms with Crippen LogP contribution in [0.25, 0.3) is 22.3 Å². The first kappa shape index (κ1) is 26.6. The van der Waals surface area contributed by atoms with E-state index in [2.05, 4.69) is 4.18 Å². The highest BCUT2D eigenvalue weighted by molar-refractivity contribution is 7.80. The Kier molecular flexibility index (Phi) is 7.29. The van der Waals surface area contributed by atoms with Crippen LogP contribution in [0.4, 0.5) is 0 Å². The van der Waals surface area contributed by atoms with Crippen LogP contribution >= 0.6 is 0 Å². The number of hydrogen-bond donors (Lipinski definition) is 6. The van der Waals surface area contributed by atoms with Crippen molar-refractivity contribution in [2.45, 2.75) is 30.7 Å². The van der Waals surface area contributed by atoms with Crippen LogP contribution in [-0.4, -0.2) is 82.9 Å². The second-order valence-corrected chi connectivity index (χ2v) is 9.04. The maximum atomic E-state index is 12.7. The van der Waals surface area contributed by atoms with Crippen molar-refractivity contribution in [2.24, 2.45) is 0 Å². The zero-order valence-corrected chi connectivity index (χ0v) is 19.7. The molecule has 2 heterocycles. The highest BCUT2D eigenvalue weighted by Crippen LogP contribution is 2.35. The van der Waals surface area contributed by atoms with Gasteiger partial charge in [0.15, 0.2) is 23.0 Å².